The quantitative estimate of drug-likeness (QED) is 0.744. The van der Waals surface area contributed by atoms with Gasteiger partial charge >= 0.3 is 0 Å². The molecule has 0 aliphatic carbocycles. The largest absolute Gasteiger partial charge is 0.387 e. The molecule has 0 aromatic heterocycles. The molecule has 1 heterocycles. The fourth-order valence-corrected chi connectivity index (χ4v) is 3.70. The Hall–Kier alpha value is -1.46. The molecule has 0 spiro atoms. The van der Waals surface area contributed by atoms with Crippen molar-refractivity contribution in [2.75, 3.05) is 26.2 Å². The second-order valence-corrected chi connectivity index (χ2v) is 8.03. The molecule has 0 bridgehead atoms. The van der Waals surface area contributed by atoms with Crippen molar-refractivity contribution in [1.82, 2.24) is 10.2 Å². The first-order chi connectivity index (χ1) is 12.4. The van der Waals surface area contributed by atoms with E-state index >= 15 is 0 Å². The molecule has 2 rings (SSSR count). The molecule has 2 N–H and O–H groups in total. The summed E-state index contributed by atoms with van der Waals surface area (Å²) < 4.78 is 13.1. The minimum absolute atomic E-state index is 0.103. The van der Waals surface area contributed by atoms with Crippen LogP contribution in [-0.2, 0) is 4.79 Å². The van der Waals surface area contributed by atoms with Crippen LogP contribution in [0.25, 0.3) is 0 Å². The highest BCUT2D eigenvalue weighted by Crippen LogP contribution is 2.25. The van der Waals surface area contributed by atoms with Crippen LogP contribution in [0.3, 0.4) is 0 Å². The van der Waals surface area contributed by atoms with Crippen LogP contribution in [0.5, 0.6) is 0 Å². The topological polar surface area (TPSA) is 52.6 Å². The minimum atomic E-state index is -0.799. The molecule has 5 heteroatoms. The van der Waals surface area contributed by atoms with Crippen molar-refractivity contribution in [1.29, 1.82) is 0 Å². The van der Waals surface area contributed by atoms with Gasteiger partial charge < -0.3 is 15.3 Å². The zero-order valence-electron chi connectivity index (χ0n) is 16.2. The van der Waals surface area contributed by atoms with E-state index in [0.717, 1.165) is 25.9 Å². The predicted octanol–water partition coefficient (Wildman–Crippen LogP) is 3.37. The highest BCUT2D eigenvalue weighted by molar-refractivity contribution is 5.76. The summed E-state index contributed by atoms with van der Waals surface area (Å²) in [7, 11) is 0. The fourth-order valence-electron chi connectivity index (χ4n) is 3.70. The molecule has 1 amide bonds. The highest BCUT2D eigenvalue weighted by Gasteiger charge is 2.26. The van der Waals surface area contributed by atoms with E-state index in [1.807, 2.05) is 0 Å². The number of piperidine rings is 1. The van der Waals surface area contributed by atoms with Crippen LogP contribution in [0, 0.1) is 23.6 Å². The zero-order chi connectivity index (χ0) is 19.1. The summed E-state index contributed by atoms with van der Waals surface area (Å²) in [5.74, 6) is 1.04. The highest BCUT2D eigenvalue weighted by atomic mass is 19.1. The lowest BCUT2D eigenvalue weighted by Gasteiger charge is -2.31. The van der Waals surface area contributed by atoms with Gasteiger partial charge in [-0.1, -0.05) is 32.9 Å². The number of benzene rings is 1. The van der Waals surface area contributed by atoms with Gasteiger partial charge in [0.2, 0.25) is 5.91 Å². The lowest BCUT2D eigenvalue weighted by atomic mass is 9.84. The number of amides is 1. The molecular formula is C21H33FN2O2. The van der Waals surface area contributed by atoms with Crippen LogP contribution in [0.15, 0.2) is 24.3 Å². The van der Waals surface area contributed by atoms with Gasteiger partial charge in [0.1, 0.15) is 5.82 Å². The third kappa shape index (κ3) is 6.36. The van der Waals surface area contributed by atoms with Gasteiger partial charge in [0, 0.05) is 13.0 Å². The van der Waals surface area contributed by atoms with E-state index in [1.54, 1.807) is 17.0 Å². The first-order valence-electron chi connectivity index (χ1n) is 9.78. The van der Waals surface area contributed by atoms with E-state index in [-0.39, 0.29) is 18.3 Å². The normalized spacial score (nSPS) is 17.9. The van der Waals surface area contributed by atoms with Crippen LogP contribution < -0.4 is 5.32 Å². The van der Waals surface area contributed by atoms with E-state index in [4.69, 9.17) is 0 Å². The summed E-state index contributed by atoms with van der Waals surface area (Å²) >= 11 is 0. The third-order valence-corrected chi connectivity index (χ3v) is 5.27. The average Bonchev–Trinajstić information content (AvgIpc) is 2.62. The summed E-state index contributed by atoms with van der Waals surface area (Å²) in [6.45, 7) is 9.24. The van der Waals surface area contributed by atoms with Crippen LogP contribution >= 0.6 is 0 Å². The van der Waals surface area contributed by atoms with Crippen molar-refractivity contribution < 1.29 is 14.3 Å². The number of carbonyl (C=O) groups is 1. The van der Waals surface area contributed by atoms with Crippen LogP contribution in [0.1, 0.15) is 51.7 Å². The van der Waals surface area contributed by atoms with Crippen molar-refractivity contribution in [2.45, 2.75) is 46.1 Å². The molecule has 4 nitrogen and oxygen atoms in total. The second kappa shape index (κ2) is 10.0. The fraction of sp³-hybridized carbons (Fsp3) is 0.667. The Morgan fingerprint density at radius 3 is 2.38 bits per heavy atom. The Bertz CT molecular complexity index is 556. The smallest absolute Gasteiger partial charge is 0.222 e. The average molecular weight is 365 g/mol. The minimum Gasteiger partial charge on any atom is -0.387 e. The van der Waals surface area contributed by atoms with Crippen LogP contribution in [0.4, 0.5) is 4.39 Å². The van der Waals surface area contributed by atoms with Gasteiger partial charge in [0.15, 0.2) is 0 Å². The van der Waals surface area contributed by atoms with E-state index in [1.165, 1.54) is 12.1 Å². The molecule has 1 saturated heterocycles. The summed E-state index contributed by atoms with van der Waals surface area (Å²) in [6.07, 6.45) is 1.97. The lowest BCUT2D eigenvalue weighted by Crippen LogP contribution is -2.39. The van der Waals surface area contributed by atoms with Gasteiger partial charge in [-0.3, -0.25) is 4.79 Å². The summed E-state index contributed by atoms with van der Waals surface area (Å²) in [5, 5.41) is 13.9. The number of rotatable bonds is 8. The maximum absolute atomic E-state index is 13.1. The van der Waals surface area contributed by atoms with Crippen LogP contribution in [0.2, 0.25) is 0 Å². The molecule has 26 heavy (non-hydrogen) atoms. The summed E-state index contributed by atoms with van der Waals surface area (Å²) in [4.78, 5) is 14.7. The van der Waals surface area contributed by atoms with Gasteiger partial charge in [0.05, 0.1) is 12.6 Å². The first-order valence-corrected chi connectivity index (χ1v) is 9.78. The van der Waals surface area contributed by atoms with E-state index < -0.39 is 6.10 Å². The van der Waals surface area contributed by atoms with Gasteiger partial charge in [-0.25, -0.2) is 4.39 Å². The first kappa shape index (κ1) is 20.8. The maximum atomic E-state index is 13.1. The molecule has 0 radical (unpaired) electrons. The third-order valence-electron chi connectivity index (χ3n) is 5.27. The Morgan fingerprint density at radius 2 is 1.81 bits per heavy atom. The SMILES string of the molecule is CC(C)CN(CC(O)c1ccc(F)cc1)C(=O)CC(C)C1CCNCC1. The van der Waals surface area contributed by atoms with Crippen molar-refractivity contribution in [2.24, 2.45) is 17.8 Å². The zero-order valence-corrected chi connectivity index (χ0v) is 16.2. The number of halogens is 1. The maximum Gasteiger partial charge on any atom is 0.222 e. The number of hydrogen-bond donors (Lipinski definition) is 2. The van der Waals surface area contributed by atoms with E-state index in [2.05, 4.69) is 26.1 Å². The molecular weight excluding hydrogens is 331 g/mol. The number of aliphatic hydroxyl groups excluding tert-OH is 1. The monoisotopic (exact) mass is 364 g/mol. The number of carbonyl (C=O) groups excluding carboxylic acids is 1. The van der Waals surface area contributed by atoms with Crippen LogP contribution in [-0.4, -0.2) is 42.1 Å². The Morgan fingerprint density at radius 1 is 1.19 bits per heavy atom. The Labute approximate surface area is 156 Å². The lowest BCUT2D eigenvalue weighted by molar-refractivity contribution is -0.134. The molecule has 1 aliphatic heterocycles. The molecule has 2 unspecified atom stereocenters. The molecule has 146 valence electrons. The molecule has 1 aromatic carbocycles. The number of nitrogens with one attached hydrogen (secondary N) is 1. The summed E-state index contributed by atoms with van der Waals surface area (Å²) in [6, 6.07) is 5.84. The number of hydrogen-bond acceptors (Lipinski definition) is 3. The Kier molecular flexibility index (Phi) is 8.04. The summed E-state index contributed by atoms with van der Waals surface area (Å²) in [5.41, 5.74) is 0.638. The molecule has 1 fully saturated rings. The number of nitrogens with zero attached hydrogens (tertiary/aromatic N) is 1. The van der Waals surface area contributed by atoms with E-state index in [0.29, 0.717) is 36.3 Å². The molecule has 0 saturated carbocycles. The van der Waals surface area contributed by atoms with Gasteiger partial charge in [-0.2, -0.15) is 0 Å². The van der Waals surface area contributed by atoms with Gasteiger partial charge in [-0.05, 0) is 61.4 Å². The molecule has 2 atom stereocenters. The second-order valence-electron chi connectivity index (χ2n) is 8.03. The van der Waals surface area contributed by atoms with Crippen molar-refractivity contribution in [3.63, 3.8) is 0 Å². The van der Waals surface area contributed by atoms with Crippen molar-refractivity contribution >= 4 is 5.91 Å². The molecule has 1 aromatic rings. The molecule has 1 aliphatic rings. The standard InChI is InChI=1S/C21H33FN2O2/c1-15(2)13-24(14-20(25)18-4-6-19(22)7-5-18)21(26)12-16(3)17-8-10-23-11-9-17/h4-7,15-17,20,23,25H,8-14H2,1-3H3. The van der Waals surface area contributed by atoms with E-state index in [9.17, 15) is 14.3 Å². The van der Waals surface area contributed by atoms with Crippen molar-refractivity contribution in [3.8, 4) is 0 Å². The van der Waals surface area contributed by atoms with Gasteiger partial charge in [0.25, 0.3) is 0 Å². The predicted molar refractivity (Wildman–Crippen MR) is 102 cm³/mol. The number of aliphatic hydroxyl groups is 1. The van der Waals surface area contributed by atoms with Gasteiger partial charge in [-0.15, -0.1) is 0 Å². The Balaban J connectivity index is 1.98. The van der Waals surface area contributed by atoms with Crippen molar-refractivity contribution in [3.05, 3.63) is 35.6 Å².